The third kappa shape index (κ3) is 3.77. The number of para-hydroxylation sites is 1. The first-order valence-corrected chi connectivity index (χ1v) is 6.91. The zero-order valence-corrected chi connectivity index (χ0v) is 12.9. The van der Waals surface area contributed by atoms with E-state index in [1.165, 1.54) is 7.05 Å². The lowest BCUT2D eigenvalue weighted by Gasteiger charge is -2.08. The maximum atomic E-state index is 11.2. The molecule has 0 atom stereocenters. The van der Waals surface area contributed by atoms with Gasteiger partial charge in [-0.25, -0.2) is 4.79 Å². The van der Waals surface area contributed by atoms with Gasteiger partial charge in [0.15, 0.2) is 5.75 Å². The average Bonchev–Trinajstić information content (AvgIpc) is 2.50. The fourth-order valence-electron chi connectivity index (χ4n) is 1.75. The number of nitrogens with zero attached hydrogens (tertiary/aromatic N) is 1. The maximum absolute atomic E-state index is 11.2. The highest BCUT2D eigenvalue weighted by atomic mass is 35.5. The molecule has 0 aliphatic carbocycles. The first kappa shape index (κ1) is 15.9. The quantitative estimate of drug-likeness (QED) is 0.845. The molecule has 0 saturated heterocycles. The van der Waals surface area contributed by atoms with Gasteiger partial charge in [-0.3, -0.25) is 4.99 Å². The second-order valence-electron chi connectivity index (χ2n) is 4.53. The van der Waals surface area contributed by atoms with Crippen molar-refractivity contribution in [3.05, 3.63) is 52.5 Å². The molecule has 2 aromatic carbocycles. The minimum atomic E-state index is -0.591. The Morgan fingerprint density at radius 1 is 1.36 bits per heavy atom. The van der Waals surface area contributed by atoms with Crippen LogP contribution >= 0.6 is 11.6 Å². The minimum absolute atomic E-state index is 0.148. The van der Waals surface area contributed by atoms with Crippen molar-refractivity contribution in [2.24, 2.45) is 4.99 Å². The van der Waals surface area contributed by atoms with Crippen molar-refractivity contribution in [3.8, 4) is 11.5 Å². The smallest absolute Gasteiger partial charge is 0.412 e. The van der Waals surface area contributed by atoms with Gasteiger partial charge >= 0.3 is 6.09 Å². The van der Waals surface area contributed by atoms with E-state index in [-0.39, 0.29) is 16.5 Å². The SMILES string of the molecule is CNC(=O)Oc1cc(C)c(/N=C/c2ccccc2O)cc1Cl. The van der Waals surface area contributed by atoms with Crippen LogP contribution in [0.15, 0.2) is 41.4 Å². The summed E-state index contributed by atoms with van der Waals surface area (Å²) in [6, 6.07) is 10.1. The number of nitrogens with one attached hydrogen (secondary N) is 1. The molecule has 0 aliphatic heterocycles. The Morgan fingerprint density at radius 2 is 2.09 bits per heavy atom. The van der Waals surface area contributed by atoms with E-state index in [1.807, 2.05) is 6.92 Å². The summed E-state index contributed by atoms with van der Waals surface area (Å²) < 4.78 is 5.04. The monoisotopic (exact) mass is 318 g/mol. The number of aliphatic imine (C=N–C) groups is 1. The molecule has 0 radical (unpaired) electrons. The number of aromatic hydroxyl groups is 1. The number of benzene rings is 2. The summed E-state index contributed by atoms with van der Waals surface area (Å²) in [7, 11) is 1.47. The third-order valence-corrected chi connectivity index (χ3v) is 3.23. The van der Waals surface area contributed by atoms with Crippen LogP contribution in [0.1, 0.15) is 11.1 Å². The van der Waals surface area contributed by atoms with Gasteiger partial charge in [-0.05, 0) is 36.8 Å². The Balaban J connectivity index is 2.28. The normalized spacial score (nSPS) is 10.7. The lowest BCUT2D eigenvalue weighted by Crippen LogP contribution is -2.22. The number of ether oxygens (including phenoxy) is 1. The highest BCUT2D eigenvalue weighted by Gasteiger charge is 2.10. The molecule has 5 nitrogen and oxygen atoms in total. The van der Waals surface area contributed by atoms with E-state index < -0.39 is 6.09 Å². The Kier molecular flexibility index (Phi) is 5.01. The standard InChI is InChI=1S/C16H15ClN2O3/c1-10-7-15(22-16(21)18-2)12(17)8-13(10)19-9-11-5-3-4-6-14(11)20/h3-9,20H,1-2H3,(H,18,21)/b19-9+. The van der Waals surface area contributed by atoms with Crippen molar-refractivity contribution in [2.75, 3.05) is 7.05 Å². The predicted octanol–water partition coefficient (Wildman–Crippen LogP) is 3.82. The number of aryl methyl sites for hydroxylation is 1. The minimum Gasteiger partial charge on any atom is -0.507 e. The van der Waals surface area contributed by atoms with Gasteiger partial charge in [0.05, 0.1) is 10.7 Å². The second-order valence-corrected chi connectivity index (χ2v) is 4.93. The maximum Gasteiger partial charge on any atom is 0.412 e. The highest BCUT2D eigenvalue weighted by molar-refractivity contribution is 6.32. The van der Waals surface area contributed by atoms with Crippen LogP contribution in [0.4, 0.5) is 10.5 Å². The molecular formula is C16H15ClN2O3. The van der Waals surface area contributed by atoms with Crippen LogP contribution in [0, 0.1) is 6.92 Å². The second kappa shape index (κ2) is 6.95. The van der Waals surface area contributed by atoms with Gasteiger partial charge in [-0.1, -0.05) is 23.7 Å². The molecule has 2 aromatic rings. The van der Waals surface area contributed by atoms with Crippen molar-refractivity contribution in [3.63, 3.8) is 0 Å². The van der Waals surface area contributed by atoms with E-state index >= 15 is 0 Å². The van der Waals surface area contributed by atoms with Crippen molar-refractivity contribution >= 4 is 29.6 Å². The van der Waals surface area contributed by atoms with Crippen LogP contribution in [0.5, 0.6) is 11.5 Å². The Labute approximate surface area is 133 Å². The average molecular weight is 319 g/mol. The van der Waals surface area contributed by atoms with E-state index in [0.29, 0.717) is 11.3 Å². The largest absolute Gasteiger partial charge is 0.507 e. The molecular weight excluding hydrogens is 304 g/mol. The zero-order chi connectivity index (χ0) is 16.1. The highest BCUT2D eigenvalue weighted by Crippen LogP contribution is 2.32. The van der Waals surface area contributed by atoms with Crippen LogP contribution in [-0.2, 0) is 0 Å². The molecule has 0 unspecified atom stereocenters. The molecule has 6 heteroatoms. The Bertz CT molecular complexity index is 729. The Hall–Kier alpha value is -2.53. The number of rotatable bonds is 3. The molecule has 0 heterocycles. The topological polar surface area (TPSA) is 70.9 Å². The number of phenolic OH excluding ortho intramolecular Hbond substituents is 1. The number of carbonyl (C=O) groups is 1. The van der Waals surface area contributed by atoms with Gasteiger partial charge < -0.3 is 15.2 Å². The number of hydrogen-bond donors (Lipinski definition) is 2. The van der Waals surface area contributed by atoms with Crippen molar-refractivity contribution in [2.45, 2.75) is 6.92 Å². The van der Waals surface area contributed by atoms with E-state index in [1.54, 1.807) is 42.6 Å². The molecule has 0 bridgehead atoms. The molecule has 2 N–H and O–H groups in total. The molecule has 114 valence electrons. The number of hydrogen-bond acceptors (Lipinski definition) is 4. The van der Waals surface area contributed by atoms with Crippen LogP contribution < -0.4 is 10.1 Å². The van der Waals surface area contributed by atoms with Gasteiger partial charge in [-0.2, -0.15) is 0 Å². The van der Waals surface area contributed by atoms with Gasteiger partial charge in [0.25, 0.3) is 0 Å². The number of phenols is 1. The number of amides is 1. The molecule has 22 heavy (non-hydrogen) atoms. The van der Waals surface area contributed by atoms with Crippen LogP contribution in [-0.4, -0.2) is 24.5 Å². The fourth-order valence-corrected chi connectivity index (χ4v) is 1.94. The number of carbonyl (C=O) groups excluding carboxylic acids is 1. The predicted molar refractivity (Wildman–Crippen MR) is 86.6 cm³/mol. The van der Waals surface area contributed by atoms with E-state index in [9.17, 15) is 9.90 Å². The summed E-state index contributed by atoms with van der Waals surface area (Å²) in [5.41, 5.74) is 2.01. The summed E-state index contributed by atoms with van der Waals surface area (Å²) >= 11 is 6.09. The lowest BCUT2D eigenvalue weighted by atomic mass is 10.2. The molecule has 0 fully saturated rings. The third-order valence-electron chi connectivity index (χ3n) is 2.94. The Morgan fingerprint density at radius 3 is 2.77 bits per heavy atom. The van der Waals surface area contributed by atoms with Gasteiger partial charge in [-0.15, -0.1) is 0 Å². The fraction of sp³-hybridized carbons (Fsp3) is 0.125. The van der Waals surface area contributed by atoms with Crippen LogP contribution in [0.25, 0.3) is 0 Å². The molecule has 0 spiro atoms. The number of halogens is 1. The summed E-state index contributed by atoms with van der Waals surface area (Å²) in [5, 5.41) is 12.3. The first-order valence-electron chi connectivity index (χ1n) is 6.53. The van der Waals surface area contributed by atoms with E-state index in [0.717, 1.165) is 5.56 Å². The zero-order valence-electron chi connectivity index (χ0n) is 12.1. The summed E-state index contributed by atoms with van der Waals surface area (Å²) in [5.74, 6) is 0.412. The van der Waals surface area contributed by atoms with Crippen LogP contribution in [0.2, 0.25) is 5.02 Å². The summed E-state index contributed by atoms with van der Waals surface area (Å²) in [6.07, 6.45) is 0.958. The van der Waals surface area contributed by atoms with E-state index in [4.69, 9.17) is 16.3 Å². The van der Waals surface area contributed by atoms with Crippen molar-refractivity contribution < 1.29 is 14.6 Å². The van der Waals surface area contributed by atoms with Crippen molar-refractivity contribution in [1.82, 2.24) is 5.32 Å². The van der Waals surface area contributed by atoms with Gasteiger partial charge in [0.2, 0.25) is 0 Å². The summed E-state index contributed by atoms with van der Waals surface area (Å²) in [6.45, 7) is 1.82. The lowest BCUT2D eigenvalue weighted by molar-refractivity contribution is 0.203. The molecule has 2 rings (SSSR count). The molecule has 0 aliphatic rings. The van der Waals surface area contributed by atoms with Gasteiger partial charge in [0, 0.05) is 18.8 Å². The van der Waals surface area contributed by atoms with E-state index in [2.05, 4.69) is 10.3 Å². The van der Waals surface area contributed by atoms with Crippen molar-refractivity contribution in [1.29, 1.82) is 0 Å². The first-order chi connectivity index (χ1) is 10.5. The summed E-state index contributed by atoms with van der Waals surface area (Å²) in [4.78, 5) is 15.5. The molecule has 0 saturated carbocycles. The van der Waals surface area contributed by atoms with Crippen LogP contribution in [0.3, 0.4) is 0 Å². The van der Waals surface area contributed by atoms with Gasteiger partial charge in [0.1, 0.15) is 5.75 Å². The molecule has 1 amide bonds. The molecule has 0 aromatic heterocycles.